The predicted octanol–water partition coefficient (Wildman–Crippen LogP) is -0.720. The van der Waals surface area contributed by atoms with Gasteiger partial charge in [0, 0.05) is 6.54 Å². The largest absolute Gasteiger partial charge is 0.374 e. The Morgan fingerprint density at radius 3 is 2.88 bits per heavy atom. The van der Waals surface area contributed by atoms with Crippen LogP contribution < -0.4 is 11.1 Å². The zero-order valence-corrected chi connectivity index (χ0v) is 5.05. The summed E-state index contributed by atoms with van der Waals surface area (Å²) in [6, 6.07) is 0. The molecular weight excluding hydrogens is 104 g/mol. The molecule has 0 aromatic rings. The Morgan fingerprint density at radius 1 is 1.75 bits per heavy atom. The van der Waals surface area contributed by atoms with Crippen LogP contribution in [-0.2, 0) is 4.74 Å². The van der Waals surface area contributed by atoms with E-state index in [1.807, 2.05) is 6.92 Å². The molecule has 0 aromatic carbocycles. The van der Waals surface area contributed by atoms with Crippen LogP contribution in [0.2, 0.25) is 0 Å². The van der Waals surface area contributed by atoms with Crippen molar-refractivity contribution >= 4 is 0 Å². The van der Waals surface area contributed by atoms with E-state index < -0.39 is 0 Å². The Kier molecular flexibility index (Phi) is 1.83. The van der Waals surface area contributed by atoms with Crippen molar-refractivity contribution in [3.63, 3.8) is 0 Å². The Bertz CT molecular complexity index is 66.8. The Balaban J connectivity index is 2.28. The average molecular weight is 116 g/mol. The van der Waals surface area contributed by atoms with Gasteiger partial charge in [0.15, 0.2) is 0 Å². The maximum Gasteiger partial charge on any atom is 0.0830 e. The van der Waals surface area contributed by atoms with E-state index in [1.54, 1.807) is 0 Å². The first-order chi connectivity index (χ1) is 3.80. The second kappa shape index (κ2) is 2.44. The van der Waals surface area contributed by atoms with Crippen LogP contribution in [0.15, 0.2) is 0 Å². The van der Waals surface area contributed by atoms with E-state index in [9.17, 15) is 0 Å². The van der Waals surface area contributed by atoms with Gasteiger partial charge in [0.1, 0.15) is 0 Å². The molecule has 1 heterocycles. The molecule has 0 saturated carbocycles. The molecule has 1 aliphatic heterocycles. The van der Waals surface area contributed by atoms with Gasteiger partial charge in [-0.05, 0) is 6.92 Å². The minimum absolute atomic E-state index is 0.0312. The summed E-state index contributed by atoms with van der Waals surface area (Å²) in [7, 11) is 0. The van der Waals surface area contributed by atoms with Gasteiger partial charge in [-0.25, -0.2) is 0 Å². The molecule has 2 atom stereocenters. The lowest BCUT2D eigenvalue weighted by Gasteiger charge is -2.26. The first-order valence-electron chi connectivity index (χ1n) is 2.91. The van der Waals surface area contributed by atoms with Crippen LogP contribution >= 0.6 is 0 Å². The van der Waals surface area contributed by atoms with Gasteiger partial charge >= 0.3 is 0 Å². The van der Waals surface area contributed by atoms with Crippen molar-refractivity contribution in [2.45, 2.75) is 19.2 Å². The minimum Gasteiger partial charge on any atom is -0.374 e. The van der Waals surface area contributed by atoms with E-state index in [4.69, 9.17) is 10.5 Å². The summed E-state index contributed by atoms with van der Waals surface area (Å²) >= 11 is 0. The average Bonchev–Trinajstić information content (AvgIpc) is 1.77. The van der Waals surface area contributed by atoms with Crippen LogP contribution in [-0.4, -0.2) is 25.4 Å². The quantitative estimate of drug-likeness (QED) is 0.439. The summed E-state index contributed by atoms with van der Waals surface area (Å²) in [6.45, 7) is 3.64. The van der Waals surface area contributed by atoms with E-state index in [0.29, 0.717) is 0 Å². The van der Waals surface area contributed by atoms with Crippen molar-refractivity contribution in [1.82, 2.24) is 5.32 Å². The third-order valence-electron chi connectivity index (χ3n) is 1.37. The van der Waals surface area contributed by atoms with Gasteiger partial charge in [-0.3, -0.25) is 5.32 Å². The third-order valence-corrected chi connectivity index (χ3v) is 1.37. The molecule has 3 heteroatoms. The van der Waals surface area contributed by atoms with Gasteiger partial charge in [-0.2, -0.15) is 0 Å². The lowest BCUT2D eigenvalue weighted by molar-refractivity contribution is 0.0101. The van der Waals surface area contributed by atoms with Crippen LogP contribution in [0.3, 0.4) is 0 Å². The smallest absolute Gasteiger partial charge is 0.0830 e. The number of nitrogens with one attached hydrogen (secondary N) is 1. The second-order valence-corrected chi connectivity index (χ2v) is 2.06. The van der Waals surface area contributed by atoms with E-state index in [2.05, 4.69) is 5.32 Å². The van der Waals surface area contributed by atoms with Gasteiger partial charge in [-0.15, -0.1) is 0 Å². The fourth-order valence-corrected chi connectivity index (χ4v) is 0.740. The molecule has 0 aromatic heterocycles. The number of hydrogen-bond donors (Lipinski definition) is 2. The molecule has 1 rings (SSSR count). The molecule has 1 aliphatic rings. The van der Waals surface area contributed by atoms with Gasteiger partial charge < -0.3 is 10.5 Å². The van der Waals surface area contributed by atoms with Gasteiger partial charge in [-0.1, -0.05) is 0 Å². The maximum absolute atomic E-state index is 5.54. The molecule has 48 valence electrons. The number of nitrogens with two attached hydrogens (primary N) is 1. The molecule has 3 nitrogen and oxygen atoms in total. The standard InChI is InChI=1S/C5H12N2O/c1-4-5(6)7-2-3-8-4/h4-5,7H,2-3,6H2,1H3. The van der Waals surface area contributed by atoms with E-state index in [1.165, 1.54) is 0 Å². The molecule has 2 unspecified atom stereocenters. The monoisotopic (exact) mass is 116 g/mol. The summed E-state index contributed by atoms with van der Waals surface area (Å²) < 4.78 is 5.20. The molecule has 1 fully saturated rings. The van der Waals surface area contributed by atoms with E-state index in [0.717, 1.165) is 13.2 Å². The van der Waals surface area contributed by atoms with Crippen molar-refractivity contribution in [3.05, 3.63) is 0 Å². The van der Waals surface area contributed by atoms with Crippen LogP contribution in [0, 0.1) is 0 Å². The van der Waals surface area contributed by atoms with Crippen molar-refractivity contribution in [3.8, 4) is 0 Å². The number of morpholine rings is 1. The fourth-order valence-electron chi connectivity index (χ4n) is 0.740. The molecule has 0 spiro atoms. The number of ether oxygens (including phenoxy) is 1. The SMILES string of the molecule is CC1OCCNC1N. The Labute approximate surface area is 49.2 Å². The molecule has 1 saturated heterocycles. The van der Waals surface area contributed by atoms with Crippen LogP contribution in [0.25, 0.3) is 0 Å². The molecule has 0 radical (unpaired) electrons. The highest BCUT2D eigenvalue weighted by molar-refractivity contribution is 4.70. The minimum atomic E-state index is 0.0312. The summed E-state index contributed by atoms with van der Waals surface area (Å²) in [6.07, 6.45) is 0.201. The van der Waals surface area contributed by atoms with Crippen molar-refractivity contribution in [1.29, 1.82) is 0 Å². The van der Waals surface area contributed by atoms with Crippen molar-refractivity contribution in [2.24, 2.45) is 5.73 Å². The predicted molar refractivity (Wildman–Crippen MR) is 31.4 cm³/mol. The highest BCUT2D eigenvalue weighted by Crippen LogP contribution is 1.96. The maximum atomic E-state index is 5.54. The molecule has 0 amide bonds. The highest BCUT2D eigenvalue weighted by atomic mass is 16.5. The van der Waals surface area contributed by atoms with Gasteiger partial charge in [0.25, 0.3) is 0 Å². The fraction of sp³-hybridized carbons (Fsp3) is 1.00. The zero-order chi connectivity index (χ0) is 5.98. The topological polar surface area (TPSA) is 47.3 Å². The second-order valence-electron chi connectivity index (χ2n) is 2.06. The Morgan fingerprint density at radius 2 is 2.50 bits per heavy atom. The summed E-state index contributed by atoms with van der Waals surface area (Å²) in [5.74, 6) is 0. The molecule has 0 bridgehead atoms. The van der Waals surface area contributed by atoms with Crippen LogP contribution in [0.5, 0.6) is 0 Å². The first kappa shape index (κ1) is 6.01. The lowest BCUT2D eigenvalue weighted by atomic mass is 10.3. The third kappa shape index (κ3) is 1.18. The summed E-state index contributed by atoms with van der Waals surface area (Å²) in [5.41, 5.74) is 5.54. The van der Waals surface area contributed by atoms with Crippen LogP contribution in [0.4, 0.5) is 0 Å². The van der Waals surface area contributed by atoms with E-state index >= 15 is 0 Å². The Hall–Kier alpha value is -0.120. The number of rotatable bonds is 0. The summed E-state index contributed by atoms with van der Waals surface area (Å²) in [5, 5.41) is 3.08. The lowest BCUT2D eigenvalue weighted by Crippen LogP contribution is -2.52. The first-order valence-corrected chi connectivity index (χ1v) is 2.91. The number of hydrogen-bond acceptors (Lipinski definition) is 3. The van der Waals surface area contributed by atoms with Crippen LogP contribution in [0.1, 0.15) is 6.92 Å². The zero-order valence-electron chi connectivity index (χ0n) is 5.05. The van der Waals surface area contributed by atoms with Gasteiger partial charge in [0.2, 0.25) is 0 Å². The van der Waals surface area contributed by atoms with Crippen molar-refractivity contribution < 1.29 is 4.74 Å². The van der Waals surface area contributed by atoms with Gasteiger partial charge in [0.05, 0.1) is 18.9 Å². The molecular formula is C5H12N2O. The molecule has 0 aliphatic carbocycles. The normalized spacial score (nSPS) is 39.8. The summed E-state index contributed by atoms with van der Waals surface area (Å²) in [4.78, 5) is 0. The molecule has 3 N–H and O–H groups in total. The van der Waals surface area contributed by atoms with E-state index in [-0.39, 0.29) is 12.3 Å². The van der Waals surface area contributed by atoms with Crippen molar-refractivity contribution in [2.75, 3.05) is 13.2 Å². The highest BCUT2D eigenvalue weighted by Gasteiger charge is 2.15. The molecule has 8 heavy (non-hydrogen) atoms.